The second-order valence-corrected chi connectivity index (χ2v) is 3.96. The van der Waals surface area contributed by atoms with Crippen molar-refractivity contribution in [2.24, 2.45) is 12.0 Å². The smallest absolute Gasteiger partial charge is 0.139 e. The minimum absolute atomic E-state index is 0.248. The van der Waals surface area contributed by atoms with E-state index >= 15 is 0 Å². The molecule has 2 aliphatic rings. The summed E-state index contributed by atoms with van der Waals surface area (Å²) in [4.78, 5) is 6.25. The Morgan fingerprint density at radius 2 is 2.24 bits per heavy atom. The highest BCUT2D eigenvalue weighted by molar-refractivity contribution is 5.99. The van der Waals surface area contributed by atoms with Gasteiger partial charge in [0.05, 0.1) is 11.9 Å². The Balaban J connectivity index is 1.93. The fourth-order valence-electron chi connectivity index (χ4n) is 1.85. The molecule has 0 atom stereocenters. The van der Waals surface area contributed by atoms with E-state index in [0.29, 0.717) is 6.54 Å². The van der Waals surface area contributed by atoms with Gasteiger partial charge in [-0.15, -0.1) is 0 Å². The highest BCUT2D eigenvalue weighted by Gasteiger charge is 2.17. The molecule has 0 radical (unpaired) electrons. The van der Waals surface area contributed by atoms with Gasteiger partial charge in [0, 0.05) is 31.6 Å². The average molecular weight is 230 g/mol. The molecule has 0 aliphatic carbocycles. The molecule has 0 saturated heterocycles. The van der Waals surface area contributed by atoms with Crippen molar-refractivity contribution in [1.82, 2.24) is 14.7 Å². The van der Waals surface area contributed by atoms with Crippen LogP contribution in [0, 0.1) is 0 Å². The second-order valence-electron chi connectivity index (χ2n) is 3.96. The van der Waals surface area contributed by atoms with Gasteiger partial charge in [0.25, 0.3) is 0 Å². The quantitative estimate of drug-likeness (QED) is 0.737. The third-order valence-electron chi connectivity index (χ3n) is 2.68. The predicted molar refractivity (Wildman–Crippen MR) is 63.7 cm³/mol. The highest BCUT2D eigenvalue weighted by Crippen LogP contribution is 2.22. The van der Waals surface area contributed by atoms with E-state index in [1.165, 1.54) is 12.3 Å². The van der Waals surface area contributed by atoms with Crippen molar-refractivity contribution in [3.8, 4) is 0 Å². The number of allylic oxidation sites excluding steroid dienone is 2. The molecule has 3 rings (SSSR count). The van der Waals surface area contributed by atoms with Crippen molar-refractivity contribution < 1.29 is 4.39 Å². The first-order valence-electron chi connectivity index (χ1n) is 5.32. The number of halogens is 1. The fourth-order valence-corrected chi connectivity index (χ4v) is 1.85. The van der Waals surface area contributed by atoms with E-state index in [1.54, 1.807) is 21.9 Å². The van der Waals surface area contributed by atoms with Gasteiger partial charge >= 0.3 is 0 Å². The maximum atomic E-state index is 13.0. The molecular formula is C12H11FN4. The minimum atomic E-state index is -0.248. The van der Waals surface area contributed by atoms with E-state index in [4.69, 9.17) is 0 Å². The summed E-state index contributed by atoms with van der Waals surface area (Å²) in [6.07, 6.45) is 10.2. The lowest BCUT2D eigenvalue weighted by Gasteiger charge is -2.25. The van der Waals surface area contributed by atoms with Crippen LogP contribution in [-0.2, 0) is 7.05 Å². The summed E-state index contributed by atoms with van der Waals surface area (Å²) in [6.45, 7) is 0.626. The summed E-state index contributed by atoms with van der Waals surface area (Å²) in [7, 11) is 1.87. The zero-order chi connectivity index (χ0) is 11.8. The summed E-state index contributed by atoms with van der Waals surface area (Å²) >= 11 is 0. The molecular weight excluding hydrogens is 219 g/mol. The van der Waals surface area contributed by atoms with E-state index in [1.807, 2.05) is 19.3 Å². The van der Waals surface area contributed by atoms with Crippen LogP contribution >= 0.6 is 0 Å². The summed E-state index contributed by atoms with van der Waals surface area (Å²) in [5, 5.41) is 4.11. The molecule has 4 nitrogen and oxygen atoms in total. The molecule has 0 N–H and O–H groups in total. The van der Waals surface area contributed by atoms with Gasteiger partial charge in [0.2, 0.25) is 0 Å². The van der Waals surface area contributed by atoms with Crippen LogP contribution < -0.4 is 0 Å². The van der Waals surface area contributed by atoms with Crippen molar-refractivity contribution in [3.63, 3.8) is 0 Å². The topological polar surface area (TPSA) is 33.4 Å². The van der Waals surface area contributed by atoms with Gasteiger partial charge in [-0.25, -0.2) is 9.38 Å². The Kier molecular flexibility index (Phi) is 2.18. The number of amidine groups is 1. The monoisotopic (exact) mass is 230 g/mol. The average Bonchev–Trinajstić information content (AvgIpc) is 2.75. The number of aromatic nitrogens is 2. The molecule has 2 aliphatic heterocycles. The molecule has 17 heavy (non-hydrogen) atoms. The van der Waals surface area contributed by atoms with Gasteiger partial charge in [-0.2, -0.15) is 5.10 Å². The largest absolute Gasteiger partial charge is 0.326 e. The summed E-state index contributed by atoms with van der Waals surface area (Å²) in [5.41, 5.74) is 1.85. The molecule has 5 heteroatoms. The molecule has 86 valence electrons. The number of aliphatic imine (C=N–C) groups is 1. The first-order chi connectivity index (χ1) is 8.22. The molecule has 0 unspecified atom stereocenters. The number of nitrogens with zero attached hydrogens (tertiary/aromatic N) is 4. The van der Waals surface area contributed by atoms with Gasteiger partial charge in [0.15, 0.2) is 0 Å². The zero-order valence-electron chi connectivity index (χ0n) is 9.34. The van der Waals surface area contributed by atoms with E-state index in [-0.39, 0.29) is 5.83 Å². The van der Waals surface area contributed by atoms with E-state index in [2.05, 4.69) is 10.1 Å². The van der Waals surface area contributed by atoms with E-state index < -0.39 is 0 Å². The molecule has 0 spiro atoms. The van der Waals surface area contributed by atoms with Crippen molar-refractivity contribution in [3.05, 3.63) is 48.2 Å². The number of rotatable bonds is 1. The van der Waals surface area contributed by atoms with Crippen LogP contribution in [0.4, 0.5) is 4.39 Å². The van der Waals surface area contributed by atoms with Crippen LogP contribution in [0.15, 0.2) is 47.6 Å². The normalized spacial score (nSPS) is 18.5. The van der Waals surface area contributed by atoms with Gasteiger partial charge in [-0.3, -0.25) is 4.68 Å². The Bertz CT molecular complexity index is 577. The van der Waals surface area contributed by atoms with E-state index in [9.17, 15) is 4.39 Å². The van der Waals surface area contributed by atoms with Crippen molar-refractivity contribution in [2.45, 2.75) is 0 Å². The van der Waals surface area contributed by atoms with Gasteiger partial charge in [-0.1, -0.05) is 0 Å². The SMILES string of the molecule is Cn1cc(C2=CCN3C=C(F)C=CC3=N2)cn1. The van der Waals surface area contributed by atoms with Gasteiger partial charge in [0.1, 0.15) is 11.7 Å². The highest BCUT2D eigenvalue weighted by atomic mass is 19.1. The molecule has 0 saturated carbocycles. The van der Waals surface area contributed by atoms with Crippen molar-refractivity contribution in [2.75, 3.05) is 6.54 Å². The molecule has 3 heterocycles. The van der Waals surface area contributed by atoms with Crippen molar-refractivity contribution in [1.29, 1.82) is 0 Å². The van der Waals surface area contributed by atoms with E-state index in [0.717, 1.165) is 17.1 Å². The van der Waals surface area contributed by atoms with Crippen LogP contribution in [0.25, 0.3) is 5.70 Å². The molecule has 1 aromatic heterocycles. The van der Waals surface area contributed by atoms with Crippen LogP contribution in [0.1, 0.15) is 5.56 Å². The Labute approximate surface area is 98.1 Å². The van der Waals surface area contributed by atoms with Crippen LogP contribution in [0.5, 0.6) is 0 Å². The third kappa shape index (κ3) is 1.80. The maximum absolute atomic E-state index is 13.0. The number of fused-ring (bicyclic) bond motifs is 1. The number of hydrogen-bond donors (Lipinski definition) is 0. The first-order valence-corrected chi connectivity index (χ1v) is 5.32. The number of hydrogen-bond acceptors (Lipinski definition) is 3. The minimum Gasteiger partial charge on any atom is -0.326 e. The lowest BCUT2D eigenvalue weighted by molar-refractivity contribution is 0.562. The first kappa shape index (κ1) is 10.0. The van der Waals surface area contributed by atoms with Gasteiger partial charge in [-0.05, 0) is 18.2 Å². The predicted octanol–water partition coefficient (Wildman–Crippen LogP) is 1.86. The Morgan fingerprint density at radius 3 is 3.00 bits per heavy atom. The summed E-state index contributed by atoms with van der Waals surface area (Å²) < 4.78 is 14.8. The molecule has 0 amide bonds. The maximum Gasteiger partial charge on any atom is 0.139 e. The second kappa shape index (κ2) is 3.69. The fraction of sp³-hybridized carbons (Fsp3) is 0.167. The van der Waals surface area contributed by atoms with Crippen LogP contribution in [-0.4, -0.2) is 27.1 Å². The lowest BCUT2D eigenvalue weighted by Crippen LogP contribution is -2.29. The summed E-state index contributed by atoms with van der Waals surface area (Å²) in [6, 6.07) is 0. The number of aryl methyl sites for hydroxylation is 1. The lowest BCUT2D eigenvalue weighted by atomic mass is 10.2. The standard InChI is InChI=1S/C12H11FN4/c1-16-7-9(6-14-16)11-4-5-17-8-10(13)2-3-12(17)15-11/h2-4,6-8H,5H2,1H3. The Hall–Kier alpha value is -2.17. The zero-order valence-corrected chi connectivity index (χ0v) is 9.34. The molecule has 0 aromatic carbocycles. The van der Waals surface area contributed by atoms with Crippen LogP contribution in [0.3, 0.4) is 0 Å². The van der Waals surface area contributed by atoms with Gasteiger partial charge < -0.3 is 4.90 Å². The molecule has 0 bridgehead atoms. The Morgan fingerprint density at radius 1 is 1.35 bits per heavy atom. The third-order valence-corrected chi connectivity index (χ3v) is 2.68. The van der Waals surface area contributed by atoms with Crippen molar-refractivity contribution >= 4 is 11.5 Å². The van der Waals surface area contributed by atoms with Crippen LogP contribution in [0.2, 0.25) is 0 Å². The molecule has 1 aromatic rings. The molecule has 0 fully saturated rings. The summed E-state index contributed by atoms with van der Waals surface area (Å²) in [5.74, 6) is 0.509.